The second-order valence-electron chi connectivity index (χ2n) is 5.92. The second-order valence-corrected chi connectivity index (χ2v) is 6.78. The average molecular weight is 482 g/mol. The van der Waals surface area contributed by atoms with Crippen LogP contribution in [-0.4, -0.2) is 44.2 Å². The third-order valence-corrected chi connectivity index (χ3v) is 4.35. The zero-order chi connectivity index (χ0) is 15.3. The van der Waals surface area contributed by atoms with Crippen LogP contribution in [0.1, 0.15) is 19.4 Å². The molecule has 0 saturated carbocycles. The maximum absolute atomic E-state index is 5.29. The van der Waals surface area contributed by atoms with Crippen LogP contribution in [0, 0.1) is 5.41 Å². The number of benzene rings is 1. The van der Waals surface area contributed by atoms with Gasteiger partial charge in [-0.05, 0) is 18.6 Å². The molecule has 6 heteroatoms. The number of hydrogen-bond acceptors (Lipinski definition) is 2. The molecule has 1 fully saturated rings. The third kappa shape index (κ3) is 5.38. The highest BCUT2D eigenvalue weighted by Gasteiger charge is 2.33. The summed E-state index contributed by atoms with van der Waals surface area (Å²) in [7, 11) is 2.07. The Balaban J connectivity index is 0.00000242. The molecule has 0 aromatic heterocycles. The quantitative estimate of drug-likeness (QED) is 0.397. The van der Waals surface area contributed by atoms with Crippen LogP contribution in [0.4, 0.5) is 0 Å². The van der Waals surface area contributed by atoms with Gasteiger partial charge in [-0.25, -0.2) is 0 Å². The molecule has 0 spiro atoms. The Morgan fingerprint density at radius 1 is 1.41 bits per heavy atom. The third-order valence-electron chi connectivity index (χ3n) is 3.57. The predicted molar refractivity (Wildman–Crippen MR) is 106 cm³/mol. The van der Waals surface area contributed by atoms with Crippen molar-refractivity contribution in [3.05, 3.63) is 34.3 Å². The van der Waals surface area contributed by atoms with Crippen molar-refractivity contribution in [2.24, 2.45) is 10.4 Å². The van der Waals surface area contributed by atoms with Crippen molar-refractivity contribution in [3.63, 3.8) is 0 Å². The molecule has 22 heavy (non-hydrogen) atoms. The highest BCUT2D eigenvalue weighted by Crippen LogP contribution is 2.26. The highest BCUT2D eigenvalue weighted by molar-refractivity contribution is 14.0. The van der Waals surface area contributed by atoms with Crippen LogP contribution in [-0.2, 0) is 11.3 Å². The van der Waals surface area contributed by atoms with E-state index < -0.39 is 0 Å². The van der Waals surface area contributed by atoms with E-state index in [0.29, 0.717) is 0 Å². The van der Waals surface area contributed by atoms with Crippen LogP contribution in [0.5, 0.6) is 0 Å². The van der Waals surface area contributed by atoms with Gasteiger partial charge in [0.05, 0.1) is 19.8 Å². The minimum absolute atomic E-state index is 0. The van der Waals surface area contributed by atoms with Crippen molar-refractivity contribution < 1.29 is 4.74 Å². The monoisotopic (exact) mass is 481 g/mol. The SMILES string of the molecule is CCNC(=NCC1(C)COC1)N(C)Cc1ccccc1Br.I. The topological polar surface area (TPSA) is 36.9 Å². The molecule has 0 unspecified atom stereocenters. The number of nitrogens with zero attached hydrogens (tertiary/aromatic N) is 2. The van der Waals surface area contributed by atoms with E-state index in [-0.39, 0.29) is 29.4 Å². The van der Waals surface area contributed by atoms with Gasteiger partial charge in [-0.3, -0.25) is 4.99 Å². The number of halogens is 2. The number of nitrogens with one attached hydrogen (secondary N) is 1. The lowest BCUT2D eigenvalue weighted by Crippen LogP contribution is -2.44. The second kappa shape index (κ2) is 9.08. The van der Waals surface area contributed by atoms with E-state index in [1.54, 1.807) is 0 Å². The molecule has 0 aliphatic carbocycles. The molecule has 0 atom stereocenters. The van der Waals surface area contributed by atoms with Gasteiger partial charge in [0.15, 0.2) is 5.96 Å². The number of hydrogen-bond donors (Lipinski definition) is 1. The minimum Gasteiger partial charge on any atom is -0.380 e. The Labute approximate surface area is 158 Å². The molecule has 1 aliphatic heterocycles. The molecule has 1 N–H and O–H groups in total. The molecular formula is C16H25BrIN3O. The first-order valence-corrected chi connectivity index (χ1v) is 8.14. The van der Waals surface area contributed by atoms with E-state index in [9.17, 15) is 0 Å². The standard InChI is InChI=1S/C16H24BrN3O.HI/c1-4-18-15(19-10-16(2)11-21-12-16)20(3)9-13-7-5-6-8-14(13)17;/h5-8H,4,9-12H2,1-3H3,(H,18,19);1H. The number of guanidine groups is 1. The van der Waals surface area contributed by atoms with E-state index in [2.05, 4.69) is 65.2 Å². The van der Waals surface area contributed by atoms with Crippen molar-refractivity contribution in [2.75, 3.05) is 33.4 Å². The zero-order valence-corrected chi connectivity index (χ0v) is 17.4. The van der Waals surface area contributed by atoms with E-state index in [1.807, 2.05) is 6.07 Å². The first-order valence-electron chi connectivity index (χ1n) is 7.35. The lowest BCUT2D eigenvalue weighted by atomic mass is 9.89. The summed E-state index contributed by atoms with van der Waals surface area (Å²) in [6, 6.07) is 8.29. The van der Waals surface area contributed by atoms with E-state index >= 15 is 0 Å². The van der Waals surface area contributed by atoms with Gasteiger partial charge in [-0.1, -0.05) is 41.1 Å². The fourth-order valence-electron chi connectivity index (χ4n) is 2.23. The smallest absolute Gasteiger partial charge is 0.193 e. The van der Waals surface area contributed by atoms with Crippen LogP contribution in [0.2, 0.25) is 0 Å². The van der Waals surface area contributed by atoms with Gasteiger partial charge in [-0.2, -0.15) is 0 Å². The lowest BCUT2D eigenvalue weighted by molar-refractivity contribution is -0.0946. The molecule has 1 saturated heterocycles. The van der Waals surface area contributed by atoms with Crippen molar-refractivity contribution >= 4 is 45.9 Å². The Morgan fingerprint density at radius 3 is 2.64 bits per heavy atom. The first kappa shape index (κ1) is 19.7. The average Bonchev–Trinajstić information content (AvgIpc) is 2.43. The van der Waals surface area contributed by atoms with Crippen molar-refractivity contribution in [1.82, 2.24) is 10.2 Å². The normalized spacial score (nSPS) is 16.5. The first-order chi connectivity index (χ1) is 10.0. The molecule has 1 aliphatic rings. The minimum atomic E-state index is 0. The van der Waals surface area contributed by atoms with E-state index in [0.717, 1.165) is 43.3 Å². The number of ether oxygens (including phenoxy) is 1. The molecule has 2 rings (SSSR count). The van der Waals surface area contributed by atoms with Crippen molar-refractivity contribution in [3.8, 4) is 0 Å². The van der Waals surface area contributed by atoms with Crippen molar-refractivity contribution in [1.29, 1.82) is 0 Å². The van der Waals surface area contributed by atoms with Crippen LogP contribution < -0.4 is 5.32 Å². The summed E-state index contributed by atoms with van der Waals surface area (Å²) >= 11 is 3.60. The van der Waals surface area contributed by atoms with Crippen LogP contribution >= 0.6 is 39.9 Å². The van der Waals surface area contributed by atoms with Gasteiger partial charge in [-0.15, -0.1) is 24.0 Å². The predicted octanol–water partition coefficient (Wildman–Crippen LogP) is 3.50. The summed E-state index contributed by atoms with van der Waals surface area (Å²) in [5.41, 5.74) is 1.46. The van der Waals surface area contributed by atoms with Gasteiger partial charge in [0.25, 0.3) is 0 Å². The van der Waals surface area contributed by atoms with E-state index in [1.165, 1.54) is 5.56 Å². The fourth-order valence-corrected chi connectivity index (χ4v) is 2.64. The largest absolute Gasteiger partial charge is 0.380 e. The van der Waals surface area contributed by atoms with Gasteiger partial charge in [0.1, 0.15) is 0 Å². The molecule has 124 valence electrons. The summed E-state index contributed by atoms with van der Waals surface area (Å²) < 4.78 is 6.42. The van der Waals surface area contributed by atoms with Gasteiger partial charge in [0.2, 0.25) is 0 Å². The Kier molecular flexibility index (Phi) is 8.13. The molecule has 0 radical (unpaired) electrons. The lowest BCUT2D eigenvalue weighted by Gasteiger charge is -2.37. The fraction of sp³-hybridized carbons (Fsp3) is 0.562. The Bertz CT molecular complexity index is 506. The molecular weight excluding hydrogens is 457 g/mol. The molecule has 0 bridgehead atoms. The molecule has 1 aromatic carbocycles. The van der Waals surface area contributed by atoms with Gasteiger partial charge >= 0.3 is 0 Å². The van der Waals surface area contributed by atoms with Crippen LogP contribution in [0.15, 0.2) is 33.7 Å². The maximum atomic E-state index is 5.29. The Morgan fingerprint density at radius 2 is 2.09 bits per heavy atom. The summed E-state index contributed by atoms with van der Waals surface area (Å²) in [6.45, 7) is 8.42. The number of rotatable bonds is 5. The molecule has 4 nitrogen and oxygen atoms in total. The zero-order valence-electron chi connectivity index (χ0n) is 13.4. The van der Waals surface area contributed by atoms with Gasteiger partial charge < -0.3 is 15.0 Å². The van der Waals surface area contributed by atoms with Crippen molar-refractivity contribution in [2.45, 2.75) is 20.4 Å². The summed E-state index contributed by atoms with van der Waals surface area (Å²) in [5, 5.41) is 3.36. The van der Waals surface area contributed by atoms with Gasteiger partial charge in [0, 0.05) is 30.0 Å². The Hall–Kier alpha value is -0.340. The highest BCUT2D eigenvalue weighted by atomic mass is 127. The van der Waals surface area contributed by atoms with Crippen LogP contribution in [0.3, 0.4) is 0 Å². The van der Waals surface area contributed by atoms with E-state index in [4.69, 9.17) is 9.73 Å². The number of aliphatic imine (C=N–C) groups is 1. The summed E-state index contributed by atoms with van der Waals surface area (Å²) in [4.78, 5) is 6.93. The molecule has 0 amide bonds. The van der Waals surface area contributed by atoms with Crippen LogP contribution in [0.25, 0.3) is 0 Å². The summed E-state index contributed by atoms with van der Waals surface area (Å²) in [5.74, 6) is 0.946. The maximum Gasteiger partial charge on any atom is 0.193 e. The molecule has 1 heterocycles. The molecule has 1 aromatic rings. The summed E-state index contributed by atoms with van der Waals surface area (Å²) in [6.07, 6.45) is 0.